The number of carbonyl (C=O) groups is 1. The van der Waals surface area contributed by atoms with Crippen molar-refractivity contribution in [1.82, 2.24) is 19.8 Å². The second-order valence-corrected chi connectivity index (χ2v) is 4.24. The van der Waals surface area contributed by atoms with Gasteiger partial charge in [0.2, 0.25) is 5.91 Å². The molecule has 1 saturated heterocycles. The van der Waals surface area contributed by atoms with Crippen LogP contribution in [-0.2, 0) is 11.2 Å². The van der Waals surface area contributed by atoms with E-state index in [-0.39, 0.29) is 5.91 Å². The number of hydrogen-bond donors (Lipinski definition) is 1. The number of piperazine rings is 1. The van der Waals surface area contributed by atoms with Crippen molar-refractivity contribution >= 4 is 5.91 Å². The van der Waals surface area contributed by atoms with Gasteiger partial charge in [-0.1, -0.05) is 0 Å². The Morgan fingerprint density at radius 2 is 2.19 bits per heavy atom. The summed E-state index contributed by atoms with van der Waals surface area (Å²) < 4.78 is 0. The maximum atomic E-state index is 11.9. The monoisotopic (exact) mass is 222 g/mol. The number of H-pyrrole nitrogens is 1. The van der Waals surface area contributed by atoms with Crippen LogP contribution in [-0.4, -0.2) is 58.9 Å². The van der Waals surface area contributed by atoms with E-state index >= 15 is 0 Å². The fourth-order valence-corrected chi connectivity index (χ4v) is 1.88. The molecule has 1 aromatic heterocycles. The van der Waals surface area contributed by atoms with E-state index in [1.54, 1.807) is 6.33 Å². The van der Waals surface area contributed by atoms with E-state index < -0.39 is 0 Å². The summed E-state index contributed by atoms with van der Waals surface area (Å²) in [4.78, 5) is 23.1. The molecule has 88 valence electrons. The number of imidazole rings is 1. The number of hydrogen-bond acceptors (Lipinski definition) is 3. The molecule has 16 heavy (non-hydrogen) atoms. The van der Waals surface area contributed by atoms with E-state index in [2.05, 4.69) is 21.9 Å². The number of aryl methyl sites for hydroxylation is 1. The smallest absolute Gasteiger partial charge is 0.223 e. The molecule has 2 heterocycles. The first-order valence-electron chi connectivity index (χ1n) is 5.69. The SMILES string of the molecule is CN1CCN(C(=O)CCc2c[nH]cn2)CC1. The molecule has 1 amide bonds. The van der Waals surface area contributed by atoms with Crippen LogP contribution in [0.2, 0.25) is 0 Å². The molecule has 0 atom stereocenters. The van der Waals surface area contributed by atoms with Crippen molar-refractivity contribution in [3.05, 3.63) is 18.2 Å². The van der Waals surface area contributed by atoms with Gasteiger partial charge in [-0.2, -0.15) is 0 Å². The second-order valence-electron chi connectivity index (χ2n) is 4.24. The number of aromatic amines is 1. The van der Waals surface area contributed by atoms with Gasteiger partial charge in [0.15, 0.2) is 0 Å². The largest absolute Gasteiger partial charge is 0.351 e. The van der Waals surface area contributed by atoms with Crippen molar-refractivity contribution in [2.24, 2.45) is 0 Å². The van der Waals surface area contributed by atoms with Gasteiger partial charge >= 0.3 is 0 Å². The van der Waals surface area contributed by atoms with Crippen LogP contribution in [0.4, 0.5) is 0 Å². The van der Waals surface area contributed by atoms with Crippen molar-refractivity contribution in [3.8, 4) is 0 Å². The molecule has 0 aromatic carbocycles. The number of nitrogens with zero attached hydrogens (tertiary/aromatic N) is 3. The molecule has 2 rings (SSSR count). The molecule has 0 aliphatic carbocycles. The van der Waals surface area contributed by atoms with Crippen LogP contribution in [0.1, 0.15) is 12.1 Å². The molecule has 0 saturated carbocycles. The quantitative estimate of drug-likeness (QED) is 0.790. The predicted molar refractivity (Wildman–Crippen MR) is 61.0 cm³/mol. The molecular formula is C11H18N4O. The Kier molecular flexibility index (Phi) is 3.56. The van der Waals surface area contributed by atoms with Crippen LogP contribution in [0, 0.1) is 0 Å². The minimum Gasteiger partial charge on any atom is -0.351 e. The Hall–Kier alpha value is -1.36. The Morgan fingerprint density at radius 1 is 1.44 bits per heavy atom. The molecule has 5 nitrogen and oxygen atoms in total. The molecule has 1 aromatic rings. The van der Waals surface area contributed by atoms with Crippen molar-refractivity contribution in [1.29, 1.82) is 0 Å². The highest BCUT2D eigenvalue weighted by atomic mass is 16.2. The lowest BCUT2D eigenvalue weighted by molar-refractivity contribution is -0.132. The number of carbonyl (C=O) groups excluding carboxylic acids is 1. The standard InChI is InChI=1S/C11H18N4O/c1-14-4-6-15(7-5-14)11(16)3-2-10-8-12-9-13-10/h8-9H,2-7H2,1H3,(H,12,13). The van der Waals surface area contributed by atoms with E-state index in [0.29, 0.717) is 6.42 Å². The van der Waals surface area contributed by atoms with Crippen LogP contribution < -0.4 is 0 Å². The number of amides is 1. The Balaban J connectivity index is 1.75. The minimum absolute atomic E-state index is 0.246. The van der Waals surface area contributed by atoms with E-state index in [1.165, 1.54) is 0 Å². The third-order valence-electron chi connectivity index (χ3n) is 3.01. The summed E-state index contributed by atoms with van der Waals surface area (Å²) in [6, 6.07) is 0. The van der Waals surface area contributed by atoms with Gasteiger partial charge < -0.3 is 14.8 Å². The highest BCUT2D eigenvalue weighted by Gasteiger charge is 2.18. The van der Waals surface area contributed by atoms with Crippen LogP contribution in [0.15, 0.2) is 12.5 Å². The number of aromatic nitrogens is 2. The van der Waals surface area contributed by atoms with Crippen molar-refractivity contribution in [3.63, 3.8) is 0 Å². The Morgan fingerprint density at radius 3 is 2.81 bits per heavy atom. The zero-order chi connectivity index (χ0) is 11.4. The zero-order valence-electron chi connectivity index (χ0n) is 9.65. The van der Waals surface area contributed by atoms with Gasteiger partial charge in [0.25, 0.3) is 0 Å². The summed E-state index contributed by atoms with van der Waals surface area (Å²) in [5.41, 5.74) is 0.961. The molecule has 1 aliphatic rings. The first-order chi connectivity index (χ1) is 7.75. The number of nitrogens with one attached hydrogen (secondary N) is 1. The Labute approximate surface area is 95.5 Å². The third-order valence-corrected chi connectivity index (χ3v) is 3.01. The van der Waals surface area contributed by atoms with Crippen molar-refractivity contribution in [2.45, 2.75) is 12.8 Å². The van der Waals surface area contributed by atoms with E-state index in [9.17, 15) is 4.79 Å². The summed E-state index contributed by atoms with van der Waals surface area (Å²) >= 11 is 0. The van der Waals surface area contributed by atoms with Crippen molar-refractivity contribution < 1.29 is 4.79 Å². The maximum absolute atomic E-state index is 11.9. The first kappa shape index (κ1) is 11.1. The average Bonchev–Trinajstić information content (AvgIpc) is 2.80. The molecule has 0 radical (unpaired) electrons. The number of likely N-dealkylation sites (N-methyl/N-ethyl adjacent to an activating group) is 1. The molecule has 1 aliphatic heterocycles. The fourth-order valence-electron chi connectivity index (χ4n) is 1.88. The van der Waals surface area contributed by atoms with Crippen LogP contribution in [0.3, 0.4) is 0 Å². The van der Waals surface area contributed by atoms with E-state index in [4.69, 9.17) is 0 Å². The zero-order valence-corrected chi connectivity index (χ0v) is 9.65. The second kappa shape index (κ2) is 5.12. The molecule has 1 N–H and O–H groups in total. The summed E-state index contributed by atoms with van der Waals surface area (Å²) in [6.07, 6.45) is 4.79. The number of rotatable bonds is 3. The predicted octanol–water partition coefficient (Wildman–Crippen LogP) is 0.116. The van der Waals surface area contributed by atoms with Gasteiger partial charge in [0.05, 0.1) is 12.0 Å². The van der Waals surface area contributed by atoms with Crippen molar-refractivity contribution in [2.75, 3.05) is 33.2 Å². The van der Waals surface area contributed by atoms with Crippen LogP contribution in [0.25, 0.3) is 0 Å². The summed E-state index contributed by atoms with van der Waals surface area (Å²) in [5.74, 6) is 0.246. The molecular weight excluding hydrogens is 204 g/mol. The van der Waals surface area contributed by atoms with Gasteiger partial charge in [0, 0.05) is 38.8 Å². The molecule has 1 fully saturated rings. The van der Waals surface area contributed by atoms with Gasteiger partial charge in [-0.25, -0.2) is 4.98 Å². The van der Waals surface area contributed by atoms with Gasteiger partial charge in [-0.3, -0.25) is 4.79 Å². The molecule has 5 heteroatoms. The maximum Gasteiger partial charge on any atom is 0.223 e. The molecule has 0 unspecified atom stereocenters. The Bertz CT molecular complexity index is 328. The minimum atomic E-state index is 0.246. The van der Waals surface area contributed by atoms with Crippen LogP contribution >= 0.6 is 0 Å². The first-order valence-corrected chi connectivity index (χ1v) is 5.69. The highest BCUT2D eigenvalue weighted by Crippen LogP contribution is 2.04. The molecule has 0 bridgehead atoms. The lowest BCUT2D eigenvalue weighted by Crippen LogP contribution is -2.47. The molecule has 0 spiro atoms. The highest BCUT2D eigenvalue weighted by molar-refractivity contribution is 5.76. The lowest BCUT2D eigenvalue weighted by Gasteiger charge is -2.32. The lowest BCUT2D eigenvalue weighted by atomic mass is 10.2. The fraction of sp³-hybridized carbons (Fsp3) is 0.636. The third kappa shape index (κ3) is 2.82. The summed E-state index contributed by atoms with van der Waals surface area (Å²) in [6.45, 7) is 3.67. The van der Waals surface area contributed by atoms with E-state index in [0.717, 1.165) is 38.3 Å². The van der Waals surface area contributed by atoms with Gasteiger partial charge in [-0.15, -0.1) is 0 Å². The van der Waals surface area contributed by atoms with E-state index in [1.807, 2.05) is 11.1 Å². The van der Waals surface area contributed by atoms with Gasteiger partial charge in [-0.05, 0) is 13.5 Å². The van der Waals surface area contributed by atoms with Crippen LogP contribution in [0.5, 0.6) is 0 Å². The summed E-state index contributed by atoms with van der Waals surface area (Å²) in [7, 11) is 2.09. The normalized spacial score (nSPS) is 17.7. The topological polar surface area (TPSA) is 52.2 Å². The average molecular weight is 222 g/mol. The van der Waals surface area contributed by atoms with Gasteiger partial charge in [0.1, 0.15) is 0 Å². The summed E-state index contributed by atoms with van der Waals surface area (Å²) in [5, 5.41) is 0.